The van der Waals surface area contributed by atoms with Gasteiger partial charge in [-0.2, -0.15) is 13.9 Å². The van der Waals surface area contributed by atoms with Gasteiger partial charge in [0.2, 0.25) is 0 Å². The molecule has 3 N–H and O–H groups in total. The van der Waals surface area contributed by atoms with Gasteiger partial charge in [-0.3, -0.25) is 9.62 Å². The van der Waals surface area contributed by atoms with Crippen molar-refractivity contribution < 1.29 is 31.5 Å². The number of benzene rings is 1. The molecule has 2 heterocycles. The fourth-order valence-electron chi connectivity index (χ4n) is 3.44. The second-order valence-electron chi connectivity index (χ2n) is 8.58. The Labute approximate surface area is 190 Å². The highest BCUT2D eigenvalue weighted by atomic mass is 32.2. The van der Waals surface area contributed by atoms with Crippen molar-refractivity contribution in [3.05, 3.63) is 30.1 Å². The third kappa shape index (κ3) is 5.03. The first kappa shape index (κ1) is 24.7. The quantitative estimate of drug-likeness (QED) is 0.662. The monoisotopic (exact) mass is 487 g/mol. The Hall–Kier alpha value is -2.93. The number of hydrogen-bond acceptors (Lipinski definition) is 7. The molecular weight excluding hydrogens is 460 g/mol. The number of carbonyl (C=O) groups is 1. The lowest BCUT2D eigenvalue weighted by atomic mass is 10.1. The van der Waals surface area contributed by atoms with Crippen molar-refractivity contribution in [1.82, 2.24) is 9.78 Å². The molecule has 0 radical (unpaired) electrons. The van der Waals surface area contributed by atoms with Crippen molar-refractivity contribution in [2.75, 3.05) is 16.2 Å². The topological polar surface area (TPSA) is 129 Å². The second-order valence-corrected chi connectivity index (χ2v) is 10.4. The third-order valence-corrected chi connectivity index (χ3v) is 6.87. The molecule has 0 fully saturated rings. The van der Waals surface area contributed by atoms with E-state index in [1.807, 2.05) is 0 Å². The molecule has 0 unspecified atom stereocenters. The number of alkyl halides is 2. The Kier molecular flexibility index (Phi) is 6.58. The standard InChI is InChI=1S/C20H27F2N5O5S/c1-11-17(10-26(25-11)18(21)22)33(29,30)27-12(2)16(9-23)31-15-7-6-13(8-14(15)27)24-19(28)32-20(3,4)5/h6-8,10,12,16,18H,9,23H2,1-5H3,(H,24,28)/t12-,16+/m1/s1. The number of nitrogens with one attached hydrogen (secondary N) is 1. The Bertz CT molecular complexity index is 1150. The van der Waals surface area contributed by atoms with Crippen LogP contribution in [0.1, 0.15) is 39.9 Å². The summed E-state index contributed by atoms with van der Waals surface area (Å²) in [5.41, 5.74) is 5.34. The number of nitrogens with zero attached hydrogens (tertiary/aromatic N) is 3. The van der Waals surface area contributed by atoms with Crippen LogP contribution in [0, 0.1) is 6.92 Å². The van der Waals surface area contributed by atoms with Gasteiger partial charge in [0.25, 0.3) is 10.0 Å². The molecule has 10 nitrogen and oxygen atoms in total. The molecule has 182 valence electrons. The number of rotatable bonds is 5. The van der Waals surface area contributed by atoms with Crippen LogP contribution in [0.4, 0.5) is 25.0 Å². The molecule has 0 bridgehead atoms. The van der Waals surface area contributed by atoms with Gasteiger partial charge in [-0.25, -0.2) is 17.9 Å². The lowest BCUT2D eigenvalue weighted by Crippen LogP contribution is -2.53. The molecule has 33 heavy (non-hydrogen) atoms. The summed E-state index contributed by atoms with van der Waals surface area (Å²) in [7, 11) is -4.35. The van der Waals surface area contributed by atoms with Crippen molar-refractivity contribution in [2.24, 2.45) is 5.73 Å². The minimum Gasteiger partial charge on any atom is -0.485 e. The molecule has 1 aliphatic rings. The van der Waals surface area contributed by atoms with Crippen LogP contribution in [-0.2, 0) is 14.8 Å². The fourth-order valence-corrected chi connectivity index (χ4v) is 5.28. The molecule has 0 saturated heterocycles. The van der Waals surface area contributed by atoms with E-state index in [-0.39, 0.29) is 38.9 Å². The predicted octanol–water partition coefficient (Wildman–Crippen LogP) is 3.24. The maximum atomic E-state index is 13.6. The molecule has 0 saturated carbocycles. The molecule has 0 aliphatic carbocycles. The molecule has 1 aliphatic heterocycles. The summed E-state index contributed by atoms with van der Waals surface area (Å²) >= 11 is 0. The summed E-state index contributed by atoms with van der Waals surface area (Å²) in [5, 5.41) is 6.17. The number of sulfonamides is 1. The van der Waals surface area contributed by atoms with Crippen molar-refractivity contribution in [1.29, 1.82) is 0 Å². The van der Waals surface area contributed by atoms with E-state index in [2.05, 4.69) is 10.4 Å². The SMILES string of the molecule is Cc1nn(C(F)F)cc1S(=O)(=O)N1c2cc(NC(=O)OC(C)(C)C)ccc2O[C@@H](CN)[C@H]1C. The number of nitrogens with two attached hydrogens (primary N) is 1. The van der Waals surface area contributed by atoms with E-state index in [0.717, 1.165) is 10.5 Å². The maximum absolute atomic E-state index is 13.6. The number of ether oxygens (including phenoxy) is 2. The molecular formula is C20H27F2N5O5S. The van der Waals surface area contributed by atoms with Crippen LogP contribution < -0.4 is 20.1 Å². The number of carbonyl (C=O) groups excluding carboxylic acids is 1. The highest BCUT2D eigenvalue weighted by Gasteiger charge is 2.41. The molecule has 1 amide bonds. The third-order valence-electron chi connectivity index (χ3n) is 4.87. The zero-order valence-corrected chi connectivity index (χ0v) is 19.7. The minimum atomic E-state index is -4.35. The summed E-state index contributed by atoms with van der Waals surface area (Å²) in [5.74, 6) is 0.209. The first-order valence-corrected chi connectivity index (χ1v) is 11.6. The smallest absolute Gasteiger partial charge is 0.412 e. The first-order chi connectivity index (χ1) is 15.2. The average Bonchev–Trinajstić information content (AvgIpc) is 3.08. The Balaban J connectivity index is 2.07. The summed E-state index contributed by atoms with van der Waals surface area (Å²) in [6.45, 7) is 5.06. The molecule has 0 spiro atoms. The van der Waals surface area contributed by atoms with Gasteiger partial charge < -0.3 is 15.2 Å². The van der Waals surface area contributed by atoms with Gasteiger partial charge in [0.15, 0.2) is 0 Å². The molecule has 3 rings (SSSR count). The van der Waals surface area contributed by atoms with E-state index in [0.29, 0.717) is 0 Å². The first-order valence-electron chi connectivity index (χ1n) is 10.1. The summed E-state index contributed by atoms with van der Waals surface area (Å²) in [4.78, 5) is 11.8. The predicted molar refractivity (Wildman–Crippen MR) is 117 cm³/mol. The van der Waals surface area contributed by atoms with Gasteiger partial charge >= 0.3 is 12.6 Å². The molecule has 13 heteroatoms. The zero-order chi connectivity index (χ0) is 24.7. The van der Waals surface area contributed by atoms with Crippen molar-refractivity contribution in [2.45, 2.75) is 63.8 Å². The summed E-state index contributed by atoms with van der Waals surface area (Å²) in [6, 6.07) is 3.65. The number of hydrogen-bond donors (Lipinski definition) is 2. The average molecular weight is 488 g/mol. The number of fused-ring (bicyclic) bond motifs is 1. The Morgan fingerprint density at radius 1 is 1.36 bits per heavy atom. The number of aryl methyl sites for hydroxylation is 1. The zero-order valence-electron chi connectivity index (χ0n) is 18.9. The van der Waals surface area contributed by atoms with Crippen LogP contribution in [0.3, 0.4) is 0 Å². The largest absolute Gasteiger partial charge is 0.485 e. The summed E-state index contributed by atoms with van der Waals surface area (Å²) < 4.78 is 65.9. The van der Waals surface area contributed by atoms with Crippen LogP contribution in [-0.4, -0.2) is 48.6 Å². The maximum Gasteiger partial charge on any atom is 0.412 e. The Morgan fingerprint density at radius 3 is 2.58 bits per heavy atom. The van der Waals surface area contributed by atoms with Crippen LogP contribution >= 0.6 is 0 Å². The van der Waals surface area contributed by atoms with Crippen molar-refractivity contribution in [3.8, 4) is 5.75 Å². The van der Waals surface area contributed by atoms with Gasteiger partial charge in [-0.05, 0) is 52.8 Å². The van der Waals surface area contributed by atoms with E-state index < -0.39 is 40.4 Å². The second kappa shape index (κ2) is 8.78. The van der Waals surface area contributed by atoms with Crippen LogP contribution in [0.25, 0.3) is 0 Å². The molecule has 1 aromatic carbocycles. The van der Waals surface area contributed by atoms with E-state index >= 15 is 0 Å². The van der Waals surface area contributed by atoms with E-state index in [4.69, 9.17) is 15.2 Å². The normalized spacial score (nSPS) is 18.6. The van der Waals surface area contributed by atoms with E-state index in [1.165, 1.54) is 25.1 Å². The Morgan fingerprint density at radius 2 is 2.03 bits per heavy atom. The number of amides is 1. The minimum absolute atomic E-state index is 0.0137. The highest BCUT2D eigenvalue weighted by Crippen LogP contribution is 2.42. The highest BCUT2D eigenvalue weighted by molar-refractivity contribution is 7.93. The van der Waals surface area contributed by atoms with Crippen LogP contribution in [0.15, 0.2) is 29.3 Å². The van der Waals surface area contributed by atoms with E-state index in [1.54, 1.807) is 27.7 Å². The van der Waals surface area contributed by atoms with Gasteiger partial charge in [-0.15, -0.1) is 0 Å². The molecule has 2 aromatic rings. The van der Waals surface area contributed by atoms with Crippen LogP contribution in [0.5, 0.6) is 5.75 Å². The fraction of sp³-hybridized carbons (Fsp3) is 0.500. The molecule has 1 aromatic heterocycles. The number of aromatic nitrogens is 2. The lowest BCUT2D eigenvalue weighted by Gasteiger charge is -2.40. The number of halogens is 2. The molecule has 2 atom stereocenters. The van der Waals surface area contributed by atoms with Crippen molar-refractivity contribution in [3.63, 3.8) is 0 Å². The van der Waals surface area contributed by atoms with E-state index in [9.17, 15) is 22.0 Å². The lowest BCUT2D eigenvalue weighted by molar-refractivity contribution is 0.0560. The van der Waals surface area contributed by atoms with Gasteiger partial charge in [-0.1, -0.05) is 0 Å². The van der Waals surface area contributed by atoms with Crippen molar-refractivity contribution >= 4 is 27.5 Å². The van der Waals surface area contributed by atoms with Gasteiger partial charge in [0.1, 0.15) is 22.4 Å². The van der Waals surface area contributed by atoms with Gasteiger partial charge in [0.05, 0.1) is 23.6 Å². The summed E-state index contributed by atoms with van der Waals surface area (Å²) in [6.07, 6.45) is -0.629. The van der Waals surface area contributed by atoms with Crippen LogP contribution in [0.2, 0.25) is 0 Å². The number of anilines is 2. The van der Waals surface area contributed by atoms with Gasteiger partial charge in [0, 0.05) is 12.2 Å².